The summed E-state index contributed by atoms with van der Waals surface area (Å²) in [6.45, 7) is 0.639. The number of hydrogen-bond donors (Lipinski definition) is 1. The van der Waals surface area contributed by atoms with Gasteiger partial charge < -0.3 is 5.32 Å². The number of benzene rings is 2. The van der Waals surface area contributed by atoms with Gasteiger partial charge in [-0.25, -0.2) is 17.2 Å². The molecular weight excluding hydrogens is 425 g/mol. The van der Waals surface area contributed by atoms with Crippen molar-refractivity contribution in [3.63, 3.8) is 0 Å². The van der Waals surface area contributed by atoms with Crippen LogP contribution in [-0.4, -0.2) is 27.2 Å². The van der Waals surface area contributed by atoms with Gasteiger partial charge in [0.15, 0.2) is 9.84 Å². The Balaban J connectivity index is 1.95. The first-order chi connectivity index (χ1) is 13.9. The summed E-state index contributed by atoms with van der Waals surface area (Å²) in [6.07, 6.45) is -4.60. The molecule has 0 spiro atoms. The van der Waals surface area contributed by atoms with Crippen molar-refractivity contribution in [2.24, 2.45) is 0 Å². The van der Waals surface area contributed by atoms with Crippen molar-refractivity contribution in [1.82, 2.24) is 5.32 Å². The summed E-state index contributed by atoms with van der Waals surface area (Å²) in [7, 11) is -4.01. The fourth-order valence-corrected chi connectivity index (χ4v) is 7.10. The Bertz CT molecular complexity index is 1080. The van der Waals surface area contributed by atoms with Crippen molar-refractivity contribution in [2.45, 2.75) is 53.7 Å². The summed E-state index contributed by atoms with van der Waals surface area (Å²) in [6, 6.07) is 8.85. The van der Waals surface area contributed by atoms with E-state index in [4.69, 9.17) is 0 Å². The van der Waals surface area contributed by atoms with E-state index in [2.05, 4.69) is 5.32 Å². The topological polar surface area (TPSA) is 46.2 Å². The average Bonchev–Trinajstić information content (AvgIpc) is 3.13. The molecule has 0 amide bonds. The van der Waals surface area contributed by atoms with E-state index in [1.54, 1.807) is 18.2 Å². The Morgan fingerprint density at radius 1 is 1.10 bits per heavy atom. The maximum atomic E-state index is 14.9. The van der Waals surface area contributed by atoms with Gasteiger partial charge in [0, 0.05) is 11.6 Å². The number of halogens is 5. The summed E-state index contributed by atoms with van der Waals surface area (Å²) in [5, 5.41) is 3.15. The van der Waals surface area contributed by atoms with E-state index in [-0.39, 0.29) is 35.8 Å². The van der Waals surface area contributed by atoms with Crippen LogP contribution in [0.2, 0.25) is 0 Å². The van der Waals surface area contributed by atoms with Gasteiger partial charge in [0.05, 0.1) is 4.90 Å². The number of aryl methyl sites for hydroxylation is 1. The van der Waals surface area contributed by atoms with Gasteiger partial charge in [0.2, 0.25) is 5.67 Å². The van der Waals surface area contributed by atoms with Crippen LogP contribution in [0.15, 0.2) is 47.4 Å². The third kappa shape index (κ3) is 2.81. The van der Waals surface area contributed by atoms with Crippen LogP contribution in [0, 0.1) is 5.82 Å². The smallest absolute Gasteiger partial charge is 0.312 e. The SMILES string of the molecule is CC(F)(c1cc2c(cc1F)[C@]1(S(=O)(=O)c3ccccc3)CCN[C@@H]1CC2)C(F)(F)F. The van der Waals surface area contributed by atoms with Gasteiger partial charge in [0.25, 0.3) is 0 Å². The molecule has 9 heteroatoms. The molecule has 1 fully saturated rings. The summed E-state index contributed by atoms with van der Waals surface area (Å²) < 4.78 is 94.8. The van der Waals surface area contributed by atoms with E-state index in [9.17, 15) is 30.4 Å². The third-order valence-corrected chi connectivity index (χ3v) is 8.93. The van der Waals surface area contributed by atoms with E-state index < -0.39 is 43.9 Å². The Morgan fingerprint density at radius 2 is 1.77 bits per heavy atom. The van der Waals surface area contributed by atoms with Gasteiger partial charge in [0.1, 0.15) is 10.6 Å². The number of rotatable bonds is 3. The predicted molar refractivity (Wildman–Crippen MR) is 101 cm³/mol. The number of alkyl halides is 4. The lowest BCUT2D eigenvalue weighted by Crippen LogP contribution is -2.50. The molecule has 1 heterocycles. The van der Waals surface area contributed by atoms with Crippen molar-refractivity contribution in [1.29, 1.82) is 0 Å². The van der Waals surface area contributed by atoms with Crippen LogP contribution >= 0.6 is 0 Å². The molecule has 2 aliphatic rings. The van der Waals surface area contributed by atoms with E-state index >= 15 is 0 Å². The second kappa shape index (κ2) is 6.75. The normalized spacial score (nSPS) is 26.0. The van der Waals surface area contributed by atoms with Crippen molar-refractivity contribution >= 4 is 9.84 Å². The third-order valence-electron chi connectivity index (χ3n) is 6.37. The number of fused-ring (bicyclic) bond motifs is 3. The quantitative estimate of drug-likeness (QED) is 0.706. The van der Waals surface area contributed by atoms with E-state index in [1.807, 2.05) is 0 Å². The molecule has 0 saturated carbocycles. The van der Waals surface area contributed by atoms with Gasteiger partial charge in [-0.2, -0.15) is 13.2 Å². The Labute approximate surface area is 171 Å². The minimum atomic E-state index is -5.30. The lowest BCUT2D eigenvalue weighted by atomic mass is 9.77. The second-order valence-electron chi connectivity index (χ2n) is 7.99. The molecule has 1 saturated heterocycles. The van der Waals surface area contributed by atoms with Crippen LogP contribution in [0.5, 0.6) is 0 Å². The largest absolute Gasteiger partial charge is 0.426 e. The molecule has 2 aromatic rings. The molecule has 1 aliphatic carbocycles. The average molecular weight is 445 g/mol. The zero-order chi connectivity index (χ0) is 21.9. The van der Waals surface area contributed by atoms with Gasteiger partial charge in [-0.3, -0.25) is 0 Å². The van der Waals surface area contributed by atoms with Crippen LogP contribution in [-0.2, 0) is 26.7 Å². The summed E-state index contributed by atoms with van der Waals surface area (Å²) in [4.78, 5) is 0.0571. The highest BCUT2D eigenvalue weighted by Crippen LogP contribution is 2.51. The molecule has 2 aromatic carbocycles. The highest BCUT2D eigenvalue weighted by atomic mass is 32.2. The fourth-order valence-electron chi connectivity index (χ4n) is 4.74. The lowest BCUT2D eigenvalue weighted by molar-refractivity contribution is -0.229. The van der Waals surface area contributed by atoms with E-state index in [0.29, 0.717) is 13.0 Å². The fraction of sp³-hybridized carbons (Fsp3) is 0.429. The van der Waals surface area contributed by atoms with Crippen LogP contribution in [0.3, 0.4) is 0 Å². The Morgan fingerprint density at radius 3 is 2.40 bits per heavy atom. The van der Waals surface area contributed by atoms with Crippen molar-refractivity contribution < 1.29 is 30.4 Å². The van der Waals surface area contributed by atoms with Gasteiger partial charge >= 0.3 is 6.18 Å². The van der Waals surface area contributed by atoms with Crippen molar-refractivity contribution in [3.8, 4) is 0 Å². The zero-order valence-corrected chi connectivity index (χ0v) is 16.9. The molecule has 0 radical (unpaired) electrons. The summed E-state index contributed by atoms with van der Waals surface area (Å²) in [5.74, 6) is -1.40. The van der Waals surface area contributed by atoms with Crippen molar-refractivity contribution in [2.75, 3.05) is 6.54 Å². The van der Waals surface area contributed by atoms with Crippen LogP contribution in [0.1, 0.15) is 36.5 Å². The number of sulfone groups is 1. The first kappa shape index (κ1) is 21.2. The summed E-state index contributed by atoms with van der Waals surface area (Å²) >= 11 is 0. The second-order valence-corrected chi connectivity index (χ2v) is 10.2. The number of nitrogens with one attached hydrogen (secondary N) is 1. The lowest BCUT2D eigenvalue weighted by Gasteiger charge is -2.41. The molecule has 1 aliphatic heterocycles. The van der Waals surface area contributed by atoms with Gasteiger partial charge in [-0.15, -0.1) is 0 Å². The van der Waals surface area contributed by atoms with Crippen LogP contribution in [0.4, 0.5) is 22.0 Å². The molecular formula is C21H20F5NO2S. The maximum Gasteiger partial charge on any atom is 0.426 e. The first-order valence-electron chi connectivity index (χ1n) is 9.55. The summed E-state index contributed by atoms with van der Waals surface area (Å²) in [5.41, 5.74) is -4.65. The minimum Gasteiger partial charge on any atom is -0.312 e. The zero-order valence-electron chi connectivity index (χ0n) is 16.1. The molecule has 1 N–H and O–H groups in total. The molecule has 4 rings (SSSR count). The standard InChI is InChI=1S/C21H20F5NO2S/c1-19(23,21(24,25)26)16-11-13-7-8-18-20(9-10-27-18,15(13)12-17(16)22)30(28,29)14-5-3-2-4-6-14/h2-6,11-12,18,27H,7-10H2,1H3/t18-,19?,20-/m1/s1. The Kier molecular flexibility index (Phi) is 4.78. The molecule has 3 nitrogen and oxygen atoms in total. The van der Waals surface area contributed by atoms with E-state index in [0.717, 1.165) is 12.1 Å². The minimum absolute atomic E-state index is 0.0571. The maximum absolute atomic E-state index is 14.9. The predicted octanol–water partition coefficient (Wildman–Crippen LogP) is 4.55. The first-order valence-corrected chi connectivity index (χ1v) is 11.0. The molecule has 30 heavy (non-hydrogen) atoms. The molecule has 162 valence electrons. The van der Waals surface area contributed by atoms with Gasteiger partial charge in [-0.1, -0.05) is 18.2 Å². The van der Waals surface area contributed by atoms with Gasteiger partial charge in [-0.05, 0) is 68.1 Å². The molecule has 3 atom stereocenters. The van der Waals surface area contributed by atoms with Crippen LogP contribution in [0.25, 0.3) is 0 Å². The molecule has 0 bridgehead atoms. The molecule has 1 unspecified atom stereocenters. The highest BCUT2D eigenvalue weighted by molar-refractivity contribution is 7.92. The van der Waals surface area contributed by atoms with Crippen LogP contribution < -0.4 is 5.32 Å². The monoisotopic (exact) mass is 445 g/mol. The van der Waals surface area contributed by atoms with E-state index in [1.165, 1.54) is 12.1 Å². The Hall–Kier alpha value is -2.00. The number of hydrogen-bond acceptors (Lipinski definition) is 3. The highest BCUT2D eigenvalue weighted by Gasteiger charge is 2.59. The molecule has 0 aromatic heterocycles. The van der Waals surface area contributed by atoms with Crippen molar-refractivity contribution in [3.05, 3.63) is 65.0 Å².